The van der Waals surface area contributed by atoms with Crippen molar-refractivity contribution in [3.63, 3.8) is 0 Å². The van der Waals surface area contributed by atoms with E-state index in [9.17, 15) is 13.6 Å². The van der Waals surface area contributed by atoms with Gasteiger partial charge in [-0.2, -0.15) is 0 Å². The largest absolute Gasteiger partial charge is 1.00 e. The van der Waals surface area contributed by atoms with Crippen LogP contribution in [0.1, 0.15) is 0 Å². The molecule has 0 spiro atoms. The van der Waals surface area contributed by atoms with E-state index in [1.165, 1.54) is 0 Å². The average molecular weight is 221 g/mol. The molecule has 1 unspecified atom stereocenters. The zero-order chi connectivity index (χ0) is 10.4. The van der Waals surface area contributed by atoms with Gasteiger partial charge in [-0.25, -0.2) is 4.72 Å². The van der Waals surface area contributed by atoms with Crippen molar-refractivity contribution in [1.82, 2.24) is 4.72 Å². The third kappa shape index (κ3) is 6.44. The summed E-state index contributed by atoms with van der Waals surface area (Å²) < 4.78 is 26.8. The Labute approximate surface area is 102 Å². The van der Waals surface area contributed by atoms with Gasteiger partial charge in [-0.1, -0.05) is 18.2 Å². The fraction of sp³-hybridized carbons (Fsp3) is 0.125. The third-order valence-electron chi connectivity index (χ3n) is 1.31. The van der Waals surface area contributed by atoms with Crippen LogP contribution in [-0.2, 0) is 16.1 Å². The Morgan fingerprint density at radius 2 is 2.00 bits per heavy atom. The average Bonchev–Trinajstić information content (AvgIpc) is 2.16. The number of nitrogens with one attached hydrogen (secondary N) is 1. The van der Waals surface area contributed by atoms with Crippen molar-refractivity contribution >= 4 is 17.2 Å². The molecule has 0 fully saturated rings. The van der Waals surface area contributed by atoms with E-state index in [0.29, 0.717) is 5.75 Å². The number of benzene rings is 1. The first kappa shape index (κ1) is 14.4. The van der Waals surface area contributed by atoms with Gasteiger partial charge in [-0.3, -0.25) is 9.00 Å². The number of esters is 1. The molecule has 0 aliphatic heterocycles. The number of rotatable bonds is 4. The number of ether oxygens (including phenoxy) is 1. The number of hydrogen-bond acceptors (Lipinski definition) is 4. The molecule has 5 nitrogen and oxygen atoms in total. The van der Waals surface area contributed by atoms with Gasteiger partial charge < -0.3 is 9.29 Å². The Balaban J connectivity index is 0.00000196. The van der Waals surface area contributed by atoms with Crippen LogP contribution in [0.15, 0.2) is 30.3 Å². The molecule has 15 heavy (non-hydrogen) atoms. The summed E-state index contributed by atoms with van der Waals surface area (Å²) in [5, 5.41) is 0. The Morgan fingerprint density at radius 3 is 2.53 bits per heavy atom. The molecule has 1 atom stereocenters. The Morgan fingerprint density at radius 1 is 1.40 bits per heavy atom. The zero-order valence-electron chi connectivity index (χ0n) is 8.14. The molecule has 0 aliphatic rings. The Hall–Kier alpha value is -0.643. The second-order valence-electron chi connectivity index (χ2n) is 2.34. The zero-order valence-corrected chi connectivity index (χ0v) is 8.95. The molecule has 0 aromatic heterocycles. The van der Waals surface area contributed by atoms with Crippen molar-refractivity contribution in [1.29, 1.82) is 0 Å². The molecule has 0 aliphatic carbocycles. The summed E-state index contributed by atoms with van der Waals surface area (Å²) in [5.41, 5.74) is 0. The minimum atomic E-state index is -2.44. The van der Waals surface area contributed by atoms with Crippen molar-refractivity contribution in [2.45, 2.75) is 0 Å². The van der Waals surface area contributed by atoms with Crippen LogP contribution in [-0.4, -0.2) is 21.3 Å². The van der Waals surface area contributed by atoms with Gasteiger partial charge in [-0.05, 0) is 12.1 Å². The van der Waals surface area contributed by atoms with E-state index in [0.717, 1.165) is 0 Å². The molecule has 1 N–H and O–H groups in total. The second-order valence-corrected chi connectivity index (χ2v) is 3.10. The van der Waals surface area contributed by atoms with Crippen molar-refractivity contribution in [3.8, 4) is 5.75 Å². The van der Waals surface area contributed by atoms with Crippen LogP contribution in [0.5, 0.6) is 5.75 Å². The molecule has 0 saturated heterocycles. The molecule has 7 heteroatoms. The van der Waals surface area contributed by atoms with E-state index < -0.39 is 17.2 Å². The van der Waals surface area contributed by atoms with Crippen molar-refractivity contribution < 1.29 is 37.2 Å². The first-order valence-corrected chi connectivity index (χ1v) is 4.84. The number of carbonyl (C=O) groups is 1. The molecular weight excluding hydrogens is 213 g/mol. The van der Waals surface area contributed by atoms with Gasteiger partial charge in [0.2, 0.25) is 0 Å². The van der Waals surface area contributed by atoms with E-state index >= 15 is 0 Å². The third-order valence-corrected chi connectivity index (χ3v) is 1.69. The van der Waals surface area contributed by atoms with Gasteiger partial charge in [-0.15, -0.1) is 0 Å². The van der Waals surface area contributed by atoms with Crippen LogP contribution < -0.4 is 28.3 Å². The summed E-state index contributed by atoms with van der Waals surface area (Å²) in [6, 6.07) is 8.41. The molecule has 0 heterocycles. The van der Waals surface area contributed by atoms with Crippen LogP contribution in [0, 0.1) is 0 Å². The summed E-state index contributed by atoms with van der Waals surface area (Å²) in [6.07, 6.45) is 0. The molecule has 1 aromatic carbocycles. The predicted octanol–water partition coefficient (Wildman–Crippen LogP) is -3.02. The quantitative estimate of drug-likeness (QED) is 0.254. The standard InChI is InChI=1S/C8H9NO4S.Li/c10-8(6-9-14(11)12)13-7-4-2-1-3-5-7;/h1-5,9H,6H2,(H,11,12);/q;+1/p-1. The molecule has 1 aromatic rings. The maximum absolute atomic E-state index is 11.0. The monoisotopic (exact) mass is 221 g/mol. The van der Waals surface area contributed by atoms with Crippen molar-refractivity contribution in [2.24, 2.45) is 0 Å². The normalized spacial score (nSPS) is 11.3. The first-order chi connectivity index (χ1) is 6.68. The van der Waals surface area contributed by atoms with E-state index in [-0.39, 0.29) is 25.4 Å². The van der Waals surface area contributed by atoms with Gasteiger partial charge >= 0.3 is 24.8 Å². The molecule has 0 amide bonds. The SMILES string of the molecule is O=C(CNS(=O)[O-])Oc1ccccc1.[Li+]. The minimum Gasteiger partial charge on any atom is -0.760 e. The molecule has 0 bridgehead atoms. The van der Waals surface area contributed by atoms with Crippen molar-refractivity contribution in [3.05, 3.63) is 30.3 Å². The van der Waals surface area contributed by atoms with Gasteiger partial charge in [0.15, 0.2) is 0 Å². The van der Waals surface area contributed by atoms with Crippen LogP contribution >= 0.6 is 0 Å². The van der Waals surface area contributed by atoms with Crippen LogP contribution in [0.3, 0.4) is 0 Å². The van der Waals surface area contributed by atoms with Crippen LogP contribution in [0.2, 0.25) is 0 Å². The molecular formula is C8H8LiNO4S. The maximum atomic E-state index is 11.0. The summed E-state index contributed by atoms with van der Waals surface area (Å²) in [5.74, 6) is -0.267. The fourth-order valence-corrected chi connectivity index (χ4v) is 1.01. The van der Waals surface area contributed by atoms with E-state index in [1.54, 1.807) is 30.3 Å². The number of carbonyl (C=O) groups excluding carboxylic acids is 1. The number of para-hydroxylation sites is 1. The number of hydrogen-bond donors (Lipinski definition) is 1. The van der Waals surface area contributed by atoms with Crippen LogP contribution in [0.25, 0.3) is 0 Å². The smallest absolute Gasteiger partial charge is 0.760 e. The Bertz CT molecular complexity index is 333. The Kier molecular flexibility index (Phi) is 7.30. The van der Waals surface area contributed by atoms with E-state index in [2.05, 4.69) is 0 Å². The summed E-state index contributed by atoms with van der Waals surface area (Å²) >= 11 is -2.44. The van der Waals surface area contributed by atoms with Crippen LogP contribution in [0.4, 0.5) is 0 Å². The first-order valence-electron chi connectivity index (χ1n) is 3.77. The molecule has 0 saturated carbocycles. The van der Waals surface area contributed by atoms with E-state index in [1.807, 2.05) is 4.72 Å². The van der Waals surface area contributed by atoms with Crippen molar-refractivity contribution in [2.75, 3.05) is 6.54 Å². The van der Waals surface area contributed by atoms with E-state index in [4.69, 9.17) is 4.74 Å². The minimum absolute atomic E-state index is 0. The summed E-state index contributed by atoms with van der Waals surface area (Å²) in [4.78, 5) is 11.0. The topological polar surface area (TPSA) is 78.5 Å². The molecule has 1 rings (SSSR count). The van der Waals surface area contributed by atoms with Gasteiger partial charge in [0.25, 0.3) is 0 Å². The molecule has 76 valence electrons. The summed E-state index contributed by atoms with van der Waals surface area (Å²) in [6.45, 7) is -0.370. The fourth-order valence-electron chi connectivity index (χ4n) is 0.774. The summed E-state index contributed by atoms with van der Waals surface area (Å²) in [7, 11) is 0. The second kappa shape index (κ2) is 7.62. The maximum Gasteiger partial charge on any atom is 1.00 e. The molecule has 0 radical (unpaired) electrons. The van der Waals surface area contributed by atoms with Gasteiger partial charge in [0, 0.05) is 11.3 Å². The van der Waals surface area contributed by atoms with Gasteiger partial charge in [0.1, 0.15) is 12.3 Å². The predicted molar refractivity (Wildman–Crippen MR) is 49.0 cm³/mol. The van der Waals surface area contributed by atoms with Gasteiger partial charge in [0.05, 0.1) is 0 Å².